The van der Waals surface area contributed by atoms with Gasteiger partial charge in [0.1, 0.15) is 0 Å². The standard InChI is InChI=1S/C39H23Cl3N2O5/c40-26-15-11-24(12-16-26)38-31(22-7-3-1-4-8-22)32(23-9-5-2-6-10-23)39(37(38)47,25-13-17-27(41)18-14-25)34-33(38)35(45)43(36(34)46)30-21-28(44(48)49)19-20-29(30)42/h1-21,33-34H/t33-,34-,38+,39+/m1/s1. The number of amides is 2. The average molecular weight is 706 g/mol. The molecule has 10 heteroatoms. The molecular weight excluding hydrogens is 683 g/mol. The Kier molecular flexibility index (Phi) is 7.16. The molecular formula is C39H23Cl3N2O5. The number of Topliss-reactive ketones (excluding diaryl/α,β-unsaturated/α-hetero) is 1. The minimum atomic E-state index is -1.68. The van der Waals surface area contributed by atoms with Crippen molar-refractivity contribution in [1.29, 1.82) is 0 Å². The van der Waals surface area contributed by atoms with Crippen LogP contribution in [0.4, 0.5) is 11.4 Å². The molecule has 2 amide bonds. The summed E-state index contributed by atoms with van der Waals surface area (Å²) in [6.07, 6.45) is 0. The lowest BCUT2D eigenvalue weighted by molar-refractivity contribution is -0.384. The largest absolute Gasteiger partial charge is 0.297 e. The van der Waals surface area contributed by atoms with E-state index in [0.717, 1.165) is 11.0 Å². The fourth-order valence-corrected chi connectivity index (χ4v) is 8.83. The number of anilines is 1. The van der Waals surface area contributed by atoms with Crippen LogP contribution < -0.4 is 4.90 Å². The molecule has 1 saturated heterocycles. The third kappa shape index (κ3) is 4.13. The molecule has 1 aliphatic heterocycles. The van der Waals surface area contributed by atoms with Gasteiger partial charge in [-0.05, 0) is 63.7 Å². The van der Waals surface area contributed by atoms with Gasteiger partial charge in [0.15, 0.2) is 5.78 Å². The van der Waals surface area contributed by atoms with E-state index < -0.39 is 39.4 Å². The molecule has 2 bridgehead atoms. The fourth-order valence-electron chi connectivity index (χ4n) is 8.38. The van der Waals surface area contributed by atoms with E-state index in [1.807, 2.05) is 60.7 Å². The Labute approximate surface area is 295 Å². The summed E-state index contributed by atoms with van der Waals surface area (Å²) >= 11 is 19.4. The molecule has 5 aromatic carbocycles. The number of nitrogens with zero attached hydrogens (tertiary/aromatic N) is 2. The summed E-state index contributed by atoms with van der Waals surface area (Å²) in [5, 5.41) is 12.7. The number of allylic oxidation sites excluding steroid dienone is 2. The van der Waals surface area contributed by atoms with Crippen molar-refractivity contribution in [2.75, 3.05) is 4.90 Å². The molecule has 5 aromatic rings. The molecule has 3 aliphatic rings. The summed E-state index contributed by atoms with van der Waals surface area (Å²) in [4.78, 5) is 58.3. The summed E-state index contributed by atoms with van der Waals surface area (Å²) < 4.78 is 0. The highest BCUT2D eigenvalue weighted by molar-refractivity contribution is 6.41. The Balaban J connectivity index is 1.55. The molecule has 2 aliphatic carbocycles. The number of carbonyl (C=O) groups is 3. The minimum Gasteiger partial charge on any atom is -0.297 e. The molecule has 240 valence electrons. The van der Waals surface area contributed by atoms with Crippen molar-refractivity contribution in [3.63, 3.8) is 0 Å². The number of hydrogen-bond donors (Lipinski definition) is 0. The van der Waals surface area contributed by atoms with Crippen molar-refractivity contribution in [3.05, 3.63) is 175 Å². The van der Waals surface area contributed by atoms with Crippen molar-refractivity contribution < 1.29 is 19.3 Å². The third-order valence-corrected chi connectivity index (χ3v) is 10.9. The highest BCUT2D eigenvalue weighted by Crippen LogP contribution is 2.74. The Hall–Kier alpha value is -5.08. The molecule has 1 heterocycles. The van der Waals surface area contributed by atoms with Gasteiger partial charge in [-0.25, -0.2) is 4.90 Å². The molecule has 0 unspecified atom stereocenters. The topological polar surface area (TPSA) is 97.6 Å². The Bertz CT molecular complexity index is 2130. The van der Waals surface area contributed by atoms with Crippen LogP contribution in [0.25, 0.3) is 11.1 Å². The van der Waals surface area contributed by atoms with Crippen LogP contribution in [-0.2, 0) is 25.2 Å². The molecule has 0 N–H and O–H groups in total. The van der Waals surface area contributed by atoms with E-state index in [1.165, 1.54) is 12.1 Å². The molecule has 0 radical (unpaired) electrons. The zero-order valence-electron chi connectivity index (χ0n) is 25.3. The SMILES string of the molecule is O=C1[C@H]2[C@H](C(=O)N1c1cc([N+](=O)[O-])ccc1Cl)[C@@]1(c3ccc(Cl)cc3)C(=O)[C@@]2(c2ccc(Cl)cc2)C(c2ccccc2)=C1c1ccccc1. The van der Waals surface area contributed by atoms with Gasteiger partial charge in [0.05, 0.1) is 38.3 Å². The van der Waals surface area contributed by atoms with E-state index in [9.17, 15) is 10.1 Å². The van der Waals surface area contributed by atoms with Gasteiger partial charge < -0.3 is 0 Å². The summed E-state index contributed by atoms with van der Waals surface area (Å²) in [5.41, 5.74) is -0.261. The first kappa shape index (κ1) is 31.2. The van der Waals surface area contributed by atoms with E-state index in [2.05, 4.69) is 0 Å². The number of imide groups is 1. The van der Waals surface area contributed by atoms with Crippen LogP contribution in [0.15, 0.2) is 127 Å². The lowest BCUT2D eigenvalue weighted by Gasteiger charge is -2.39. The fraction of sp³-hybridized carbons (Fsp3) is 0.103. The van der Waals surface area contributed by atoms with E-state index in [0.29, 0.717) is 43.4 Å². The van der Waals surface area contributed by atoms with Crippen molar-refractivity contribution in [3.8, 4) is 0 Å². The van der Waals surface area contributed by atoms with Crippen LogP contribution in [0.3, 0.4) is 0 Å². The first-order chi connectivity index (χ1) is 23.6. The number of non-ortho nitro benzene ring substituents is 1. The third-order valence-electron chi connectivity index (χ3n) is 10.1. The number of hydrogen-bond acceptors (Lipinski definition) is 5. The second-order valence-electron chi connectivity index (χ2n) is 12.3. The number of halogens is 3. The van der Waals surface area contributed by atoms with E-state index >= 15 is 14.4 Å². The second kappa shape index (κ2) is 11.2. The van der Waals surface area contributed by atoms with Crippen LogP contribution in [0, 0.1) is 22.0 Å². The van der Waals surface area contributed by atoms with Gasteiger partial charge in [-0.1, -0.05) is 120 Å². The quantitative estimate of drug-likeness (QED) is 0.100. The molecule has 0 aromatic heterocycles. The van der Waals surface area contributed by atoms with Crippen molar-refractivity contribution in [2.45, 2.75) is 10.8 Å². The first-order valence-electron chi connectivity index (χ1n) is 15.4. The first-order valence-corrected chi connectivity index (χ1v) is 16.5. The summed E-state index contributed by atoms with van der Waals surface area (Å²) in [6.45, 7) is 0. The number of carbonyl (C=O) groups excluding carboxylic acids is 3. The maximum Gasteiger partial charge on any atom is 0.271 e. The monoisotopic (exact) mass is 704 g/mol. The lowest BCUT2D eigenvalue weighted by atomic mass is 9.59. The van der Waals surface area contributed by atoms with Gasteiger partial charge in [0.2, 0.25) is 11.8 Å². The van der Waals surface area contributed by atoms with Crippen LogP contribution in [0.1, 0.15) is 22.3 Å². The highest BCUT2D eigenvalue weighted by Gasteiger charge is 2.82. The number of ketones is 1. The second-order valence-corrected chi connectivity index (χ2v) is 13.6. The molecule has 7 nitrogen and oxygen atoms in total. The van der Waals surface area contributed by atoms with Crippen LogP contribution in [-0.4, -0.2) is 22.5 Å². The van der Waals surface area contributed by atoms with Gasteiger partial charge in [0.25, 0.3) is 5.69 Å². The highest BCUT2D eigenvalue weighted by atomic mass is 35.5. The minimum absolute atomic E-state index is 0.0217. The molecule has 4 atom stereocenters. The van der Waals surface area contributed by atoms with E-state index in [4.69, 9.17) is 34.8 Å². The lowest BCUT2D eigenvalue weighted by Crippen LogP contribution is -2.45. The van der Waals surface area contributed by atoms with Crippen molar-refractivity contribution in [1.82, 2.24) is 0 Å². The average Bonchev–Trinajstić information content (AvgIpc) is 3.61. The smallest absolute Gasteiger partial charge is 0.271 e. The maximum atomic E-state index is 16.0. The van der Waals surface area contributed by atoms with Crippen molar-refractivity contribution in [2.24, 2.45) is 11.8 Å². The predicted octanol–water partition coefficient (Wildman–Crippen LogP) is 8.74. The number of rotatable bonds is 6. The predicted molar refractivity (Wildman–Crippen MR) is 189 cm³/mol. The molecule has 8 rings (SSSR count). The van der Waals surface area contributed by atoms with Gasteiger partial charge in [0, 0.05) is 22.2 Å². The Morgan fingerprint density at radius 3 is 1.43 bits per heavy atom. The van der Waals surface area contributed by atoms with Crippen LogP contribution in [0.2, 0.25) is 15.1 Å². The van der Waals surface area contributed by atoms with Crippen molar-refractivity contribution >= 4 is 74.9 Å². The Morgan fingerprint density at radius 1 is 0.592 bits per heavy atom. The number of fused-ring (bicyclic) bond motifs is 5. The molecule has 0 spiro atoms. The maximum absolute atomic E-state index is 16.0. The Morgan fingerprint density at radius 2 is 1.02 bits per heavy atom. The zero-order valence-corrected chi connectivity index (χ0v) is 27.6. The van der Waals surface area contributed by atoms with Gasteiger partial charge >= 0.3 is 0 Å². The zero-order chi connectivity index (χ0) is 34.2. The van der Waals surface area contributed by atoms with E-state index in [-0.39, 0.29) is 22.2 Å². The normalized spacial score (nSPS) is 24.1. The van der Waals surface area contributed by atoms with Crippen LogP contribution in [0.5, 0.6) is 0 Å². The number of benzene rings is 5. The summed E-state index contributed by atoms with van der Waals surface area (Å²) in [5.74, 6) is -4.19. The number of nitro benzene ring substituents is 1. The molecule has 1 saturated carbocycles. The summed E-state index contributed by atoms with van der Waals surface area (Å²) in [7, 11) is 0. The molecule has 2 fully saturated rings. The van der Waals surface area contributed by atoms with Gasteiger partial charge in [-0.3, -0.25) is 24.5 Å². The van der Waals surface area contributed by atoms with E-state index in [1.54, 1.807) is 48.5 Å². The number of nitro groups is 1. The van der Waals surface area contributed by atoms with Crippen LogP contribution >= 0.6 is 34.8 Å². The summed E-state index contributed by atoms with van der Waals surface area (Å²) in [6, 6.07) is 35.9. The van der Waals surface area contributed by atoms with Gasteiger partial charge in [-0.15, -0.1) is 0 Å². The molecule has 49 heavy (non-hydrogen) atoms. The van der Waals surface area contributed by atoms with Gasteiger partial charge in [-0.2, -0.15) is 0 Å².